The Labute approximate surface area is 147 Å². The smallest absolute Gasteiger partial charge is 0.306 e. The Hall–Kier alpha value is -2.08. The first-order valence-corrected chi connectivity index (χ1v) is 9.01. The van der Waals surface area contributed by atoms with Crippen LogP contribution in [0.1, 0.15) is 43.6 Å². The summed E-state index contributed by atoms with van der Waals surface area (Å²) in [4.78, 5) is 24.2. The van der Waals surface area contributed by atoms with Gasteiger partial charge in [0.1, 0.15) is 5.75 Å². The fraction of sp³-hybridized carbons (Fsp3) is 0.579. The largest absolute Gasteiger partial charge is 0.493 e. The van der Waals surface area contributed by atoms with Crippen LogP contribution >= 0.6 is 0 Å². The van der Waals surface area contributed by atoms with Crippen LogP contribution in [-0.4, -0.2) is 47.6 Å². The van der Waals surface area contributed by atoms with Gasteiger partial charge in [-0.2, -0.15) is 0 Å². The maximum Gasteiger partial charge on any atom is 0.306 e. The summed E-state index contributed by atoms with van der Waals surface area (Å²) in [5, 5.41) is 8.76. The van der Waals surface area contributed by atoms with Crippen molar-refractivity contribution in [2.75, 3.05) is 19.7 Å². The molecule has 1 aliphatic heterocycles. The minimum absolute atomic E-state index is 0.0110. The molecule has 3 rings (SSSR count). The molecule has 6 heteroatoms. The highest BCUT2D eigenvalue weighted by atomic mass is 16.5. The molecule has 0 aromatic heterocycles. The maximum atomic E-state index is 11.2. The van der Waals surface area contributed by atoms with E-state index in [0.717, 1.165) is 44.5 Å². The second kappa shape index (κ2) is 7.87. The van der Waals surface area contributed by atoms with Crippen molar-refractivity contribution in [1.82, 2.24) is 4.90 Å². The lowest BCUT2D eigenvalue weighted by Gasteiger charge is -2.45. The van der Waals surface area contributed by atoms with Gasteiger partial charge in [-0.1, -0.05) is 18.2 Å². The number of nitrogens with two attached hydrogens (primary N) is 1. The summed E-state index contributed by atoms with van der Waals surface area (Å²) in [6.07, 6.45) is 4.40. The highest BCUT2D eigenvalue weighted by Gasteiger charge is 2.37. The minimum atomic E-state index is -0.846. The number of likely N-dealkylation sites (tertiary alicyclic amines) is 1. The van der Waals surface area contributed by atoms with Crippen molar-refractivity contribution in [1.29, 1.82) is 0 Å². The predicted octanol–water partition coefficient (Wildman–Crippen LogP) is 1.98. The van der Waals surface area contributed by atoms with Gasteiger partial charge in [-0.3, -0.25) is 14.5 Å². The number of rotatable bonds is 7. The number of carboxylic acids is 1. The number of carbonyl (C=O) groups is 2. The van der Waals surface area contributed by atoms with E-state index >= 15 is 0 Å². The molecule has 0 radical (unpaired) electrons. The van der Waals surface area contributed by atoms with Gasteiger partial charge in [-0.25, -0.2) is 0 Å². The average molecular weight is 346 g/mol. The van der Waals surface area contributed by atoms with E-state index in [1.165, 1.54) is 5.56 Å². The fourth-order valence-electron chi connectivity index (χ4n) is 3.94. The molecule has 1 saturated carbocycles. The van der Waals surface area contributed by atoms with E-state index < -0.39 is 5.97 Å². The Bertz CT molecular complexity index is 620. The summed E-state index contributed by atoms with van der Waals surface area (Å²) in [6.45, 7) is 1.81. The molecule has 0 bridgehead atoms. The molecule has 1 aromatic carbocycles. The lowest BCUT2D eigenvalue weighted by Crippen LogP contribution is -2.56. The van der Waals surface area contributed by atoms with Gasteiger partial charge in [0.05, 0.1) is 18.9 Å². The molecular formula is C19H26N2O4. The first-order chi connectivity index (χ1) is 12.0. The molecule has 2 fully saturated rings. The molecule has 1 aliphatic carbocycles. The number of para-hydroxylation sites is 1. The van der Waals surface area contributed by atoms with Crippen molar-refractivity contribution in [2.45, 2.75) is 44.1 Å². The number of hydrogen-bond acceptors (Lipinski definition) is 4. The number of benzene rings is 1. The number of carboxylic acid groups (broad SMARTS) is 1. The molecule has 6 nitrogen and oxygen atoms in total. The summed E-state index contributed by atoms with van der Waals surface area (Å²) >= 11 is 0. The van der Waals surface area contributed by atoms with Gasteiger partial charge in [0.25, 0.3) is 0 Å². The van der Waals surface area contributed by atoms with E-state index in [1.54, 1.807) is 0 Å². The molecule has 25 heavy (non-hydrogen) atoms. The SMILES string of the molecule is NC(=O)C1CN(C2CCC(c3ccccc3OCCC(=O)O)CC2)C1. The summed E-state index contributed by atoms with van der Waals surface area (Å²) < 4.78 is 5.71. The van der Waals surface area contributed by atoms with Crippen molar-refractivity contribution in [3.63, 3.8) is 0 Å². The molecule has 136 valence electrons. The highest BCUT2D eigenvalue weighted by molar-refractivity contribution is 5.78. The van der Waals surface area contributed by atoms with Gasteiger partial charge in [0, 0.05) is 19.1 Å². The maximum absolute atomic E-state index is 11.2. The van der Waals surface area contributed by atoms with Gasteiger partial charge < -0.3 is 15.6 Å². The molecule has 0 unspecified atom stereocenters. The zero-order valence-electron chi connectivity index (χ0n) is 14.4. The molecule has 1 aromatic rings. The van der Waals surface area contributed by atoms with Crippen molar-refractivity contribution >= 4 is 11.9 Å². The number of nitrogens with zero attached hydrogens (tertiary/aromatic N) is 1. The minimum Gasteiger partial charge on any atom is -0.493 e. The highest BCUT2D eigenvalue weighted by Crippen LogP contribution is 2.40. The van der Waals surface area contributed by atoms with Crippen LogP contribution in [0.15, 0.2) is 24.3 Å². The Morgan fingerprint density at radius 2 is 1.84 bits per heavy atom. The van der Waals surface area contributed by atoms with Crippen LogP contribution in [0, 0.1) is 5.92 Å². The van der Waals surface area contributed by atoms with E-state index in [0.29, 0.717) is 12.0 Å². The van der Waals surface area contributed by atoms with Crippen LogP contribution in [0.5, 0.6) is 5.75 Å². The monoisotopic (exact) mass is 346 g/mol. The number of ether oxygens (including phenoxy) is 1. The molecule has 1 amide bonds. The summed E-state index contributed by atoms with van der Waals surface area (Å²) in [6, 6.07) is 8.50. The van der Waals surface area contributed by atoms with Crippen molar-refractivity contribution < 1.29 is 19.4 Å². The van der Waals surface area contributed by atoms with Gasteiger partial charge in [0.2, 0.25) is 5.91 Å². The second-order valence-corrected chi connectivity index (χ2v) is 7.09. The third kappa shape index (κ3) is 4.31. The molecule has 0 atom stereocenters. The number of amides is 1. The zero-order chi connectivity index (χ0) is 17.8. The van der Waals surface area contributed by atoms with Gasteiger partial charge in [0.15, 0.2) is 0 Å². The van der Waals surface area contributed by atoms with Crippen LogP contribution in [0.25, 0.3) is 0 Å². The molecule has 3 N–H and O–H groups in total. The van der Waals surface area contributed by atoms with E-state index in [9.17, 15) is 9.59 Å². The average Bonchev–Trinajstić information content (AvgIpc) is 2.54. The van der Waals surface area contributed by atoms with Crippen LogP contribution in [-0.2, 0) is 9.59 Å². The van der Waals surface area contributed by atoms with E-state index in [4.69, 9.17) is 15.6 Å². The van der Waals surface area contributed by atoms with E-state index in [1.807, 2.05) is 18.2 Å². The molecule has 1 saturated heterocycles. The van der Waals surface area contributed by atoms with Gasteiger partial charge in [-0.15, -0.1) is 0 Å². The topological polar surface area (TPSA) is 92.9 Å². The third-order valence-electron chi connectivity index (χ3n) is 5.46. The van der Waals surface area contributed by atoms with Crippen LogP contribution in [0.4, 0.5) is 0 Å². The summed E-state index contributed by atoms with van der Waals surface area (Å²) in [5.41, 5.74) is 6.53. The Morgan fingerprint density at radius 3 is 2.48 bits per heavy atom. The Kier molecular flexibility index (Phi) is 5.58. The summed E-state index contributed by atoms with van der Waals surface area (Å²) in [7, 11) is 0. The lowest BCUT2D eigenvalue weighted by molar-refractivity contribution is -0.137. The first-order valence-electron chi connectivity index (χ1n) is 9.01. The number of carbonyl (C=O) groups excluding carboxylic acids is 1. The van der Waals surface area contributed by atoms with E-state index in [2.05, 4.69) is 11.0 Å². The summed E-state index contributed by atoms with van der Waals surface area (Å²) in [5.74, 6) is 0.260. The normalized spacial score (nSPS) is 24.5. The molecular weight excluding hydrogens is 320 g/mol. The molecule has 0 spiro atoms. The molecule has 1 heterocycles. The second-order valence-electron chi connectivity index (χ2n) is 7.09. The Balaban J connectivity index is 1.53. The third-order valence-corrected chi connectivity index (χ3v) is 5.46. The quantitative estimate of drug-likeness (QED) is 0.787. The van der Waals surface area contributed by atoms with Crippen molar-refractivity contribution in [3.8, 4) is 5.75 Å². The van der Waals surface area contributed by atoms with Crippen LogP contribution in [0.3, 0.4) is 0 Å². The van der Waals surface area contributed by atoms with E-state index in [-0.39, 0.29) is 24.9 Å². The van der Waals surface area contributed by atoms with Crippen LogP contribution in [0.2, 0.25) is 0 Å². The number of primary amides is 1. The first kappa shape index (κ1) is 17.7. The molecule has 2 aliphatic rings. The fourth-order valence-corrected chi connectivity index (χ4v) is 3.94. The number of aliphatic carboxylic acids is 1. The standard InChI is InChI=1S/C19H26N2O4/c20-19(24)14-11-21(12-14)15-7-5-13(6-8-15)16-3-1-2-4-17(16)25-10-9-18(22)23/h1-4,13-15H,5-12H2,(H2,20,24)(H,22,23). The van der Waals surface area contributed by atoms with Crippen LogP contribution < -0.4 is 10.5 Å². The van der Waals surface area contributed by atoms with Crippen molar-refractivity contribution in [3.05, 3.63) is 29.8 Å². The predicted molar refractivity (Wildman–Crippen MR) is 93.4 cm³/mol. The lowest BCUT2D eigenvalue weighted by atomic mass is 9.79. The number of hydrogen-bond donors (Lipinski definition) is 2. The van der Waals surface area contributed by atoms with Gasteiger partial charge >= 0.3 is 5.97 Å². The zero-order valence-corrected chi connectivity index (χ0v) is 14.4. The Morgan fingerprint density at radius 1 is 1.16 bits per heavy atom. The van der Waals surface area contributed by atoms with Crippen molar-refractivity contribution in [2.24, 2.45) is 11.7 Å². The van der Waals surface area contributed by atoms with Gasteiger partial charge in [-0.05, 0) is 43.2 Å².